The van der Waals surface area contributed by atoms with E-state index in [9.17, 15) is 10.2 Å². The van der Waals surface area contributed by atoms with E-state index < -0.39 is 0 Å². The van der Waals surface area contributed by atoms with Gasteiger partial charge in [-0.25, -0.2) is 0 Å². The monoisotopic (exact) mass is 341 g/mol. The number of nitrogens with zero attached hydrogens (tertiary/aromatic N) is 1. The van der Waals surface area contributed by atoms with Crippen molar-refractivity contribution in [1.82, 2.24) is 4.90 Å². The summed E-state index contributed by atoms with van der Waals surface area (Å²) in [6, 6.07) is 15.1. The topological polar surface area (TPSA) is 43.7 Å². The summed E-state index contributed by atoms with van der Waals surface area (Å²) in [5.74, 6) is 0.679. The lowest BCUT2D eigenvalue weighted by Crippen LogP contribution is -2.29. The van der Waals surface area contributed by atoms with Gasteiger partial charge in [-0.05, 0) is 61.2 Å². The summed E-state index contributed by atoms with van der Waals surface area (Å²) in [5.41, 5.74) is 2.35. The highest BCUT2D eigenvalue weighted by atomic mass is 16.3. The number of unbranched alkanes of at least 4 members (excludes halogenated alkanes) is 3. The number of hydrogen-bond acceptors (Lipinski definition) is 3. The van der Waals surface area contributed by atoms with E-state index in [1.807, 2.05) is 24.3 Å². The highest BCUT2D eigenvalue weighted by Gasteiger charge is 2.07. The summed E-state index contributed by atoms with van der Waals surface area (Å²) >= 11 is 0. The molecule has 0 bridgehead atoms. The molecule has 0 aromatic heterocycles. The molecule has 0 spiro atoms. The Morgan fingerprint density at radius 2 is 1.28 bits per heavy atom. The molecule has 0 fully saturated rings. The van der Waals surface area contributed by atoms with Gasteiger partial charge in [0.15, 0.2) is 0 Å². The van der Waals surface area contributed by atoms with Crippen molar-refractivity contribution in [1.29, 1.82) is 0 Å². The number of phenolic OH excluding ortho intramolecular Hbond substituents is 2. The average Bonchev–Trinajstić information content (AvgIpc) is 2.60. The summed E-state index contributed by atoms with van der Waals surface area (Å²) in [6.45, 7) is 5.34. The van der Waals surface area contributed by atoms with Gasteiger partial charge in [0.1, 0.15) is 11.5 Å². The van der Waals surface area contributed by atoms with Crippen molar-refractivity contribution in [3.63, 3.8) is 0 Å². The molecule has 0 radical (unpaired) electrons. The van der Waals surface area contributed by atoms with E-state index in [0.29, 0.717) is 11.5 Å². The Labute approximate surface area is 151 Å². The molecule has 2 aromatic rings. The third-order valence-electron chi connectivity index (χ3n) is 4.58. The van der Waals surface area contributed by atoms with Crippen molar-refractivity contribution < 1.29 is 10.2 Å². The maximum absolute atomic E-state index is 9.62. The first kappa shape index (κ1) is 19.3. The van der Waals surface area contributed by atoms with Crippen molar-refractivity contribution in [2.75, 3.05) is 19.6 Å². The van der Waals surface area contributed by atoms with E-state index in [2.05, 4.69) is 24.0 Å². The molecule has 2 rings (SSSR count). The Hall–Kier alpha value is -2.00. The first-order valence-electron chi connectivity index (χ1n) is 9.45. The minimum Gasteiger partial charge on any atom is -0.508 e. The molecule has 25 heavy (non-hydrogen) atoms. The number of hydrogen-bond donors (Lipinski definition) is 2. The van der Waals surface area contributed by atoms with Crippen LogP contribution in [-0.2, 0) is 12.8 Å². The number of benzene rings is 2. The fourth-order valence-corrected chi connectivity index (χ4v) is 3.10. The van der Waals surface area contributed by atoms with Gasteiger partial charge in [-0.15, -0.1) is 0 Å². The van der Waals surface area contributed by atoms with E-state index in [1.165, 1.54) is 36.8 Å². The Morgan fingerprint density at radius 3 is 1.76 bits per heavy atom. The maximum atomic E-state index is 9.62. The van der Waals surface area contributed by atoms with Crippen LogP contribution in [0.1, 0.15) is 43.7 Å². The minimum atomic E-state index is 0.340. The molecular formula is C22H31NO2. The quantitative estimate of drug-likeness (QED) is 0.579. The zero-order chi connectivity index (χ0) is 17.9. The molecule has 3 nitrogen and oxygen atoms in total. The Balaban J connectivity index is 1.87. The molecule has 2 aromatic carbocycles. The molecule has 0 heterocycles. The molecule has 0 aliphatic rings. The summed E-state index contributed by atoms with van der Waals surface area (Å²) < 4.78 is 0. The lowest BCUT2D eigenvalue weighted by atomic mass is 10.1. The Bertz CT molecular complexity index is 577. The van der Waals surface area contributed by atoms with Crippen LogP contribution in [0.3, 0.4) is 0 Å². The van der Waals surface area contributed by atoms with Gasteiger partial charge in [0.2, 0.25) is 0 Å². The largest absolute Gasteiger partial charge is 0.508 e. The van der Waals surface area contributed by atoms with Gasteiger partial charge in [-0.2, -0.15) is 0 Å². The second kappa shape index (κ2) is 10.8. The van der Waals surface area contributed by atoms with E-state index in [0.717, 1.165) is 32.5 Å². The predicted octanol–water partition coefficient (Wildman–Crippen LogP) is 4.77. The molecule has 0 saturated carbocycles. The standard InChI is InChI=1S/C22H31NO2/c1-2-3-4-5-14-23(15-12-19-8-6-10-21(24)17-19)16-13-20-9-7-11-22(25)18-20/h6-11,17-18,24-25H,2-5,12-16H2,1H3. The molecule has 3 heteroatoms. The Morgan fingerprint density at radius 1 is 0.720 bits per heavy atom. The zero-order valence-corrected chi connectivity index (χ0v) is 15.3. The van der Waals surface area contributed by atoms with Crippen molar-refractivity contribution in [3.8, 4) is 11.5 Å². The molecule has 0 aliphatic heterocycles. The van der Waals surface area contributed by atoms with Crippen molar-refractivity contribution in [2.45, 2.75) is 45.4 Å². The predicted molar refractivity (Wildman–Crippen MR) is 104 cm³/mol. The molecular weight excluding hydrogens is 310 g/mol. The Kier molecular flexibility index (Phi) is 8.33. The van der Waals surface area contributed by atoms with Crippen LogP contribution in [0, 0.1) is 0 Å². The number of phenols is 2. The van der Waals surface area contributed by atoms with E-state index in [-0.39, 0.29) is 0 Å². The normalized spacial score (nSPS) is 11.1. The van der Waals surface area contributed by atoms with Crippen LogP contribution >= 0.6 is 0 Å². The third kappa shape index (κ3) is 7.61. The first-order chi connectivity index (χ1) is 12.2. The molecule has 0 atom stereocenters. The summed E-state index contributed by atoms with van der Waals surface area (Å²) in [4.78, 5) is 2.50. The van der Waals surface area contributed by atoms with E-state index in [1.54, 1.807) is 12.1 Å². The fourth-order valence-electron chi connectivity index (χ4n) is 3.10. The second-order valence-corrected chi connectivity index (χ2v) is 6.74. The lowest BCUT2D eigenvalue weighted by molar-refractivity contribution is 0.273. The summed E-state index contributed by atoms with van der Waals surface area (Å²) in [7, 11) is 0. The van der Waals surface area contributed by atoms with Crippen LogP contribution < -0.4 is 0 Å². The van der Waals surface area contributed by atoms with E-state index in [4.69, 9.17) is 0 Å². The second-order valence-electron chi connectivity index (χ2n) is 6.74. The zero-order valence-electron chi connectivity index (χ0n) is 15.3. The van der Waals surface area contributed by atoms with Gasteiger partial charge in [0, 0.05) is 13.1 Å². The van der Waals surface area contributed by atoms with Crippen molar-refractivity contribution in [3.05, 3.63) is 59.7 Å². The van der Waals surface area contributed by atoms with Crippen LogP contribution in [0.4, 0.5) is 0 Å². The minimum absolute atomic E-state index is 0.340. The van der Waals surface area contributed by atoms with Gasteiger partial charge in [0.05, 0.1) is 0 Å². The third-order valence-corrected chi connectivity index (χ3v) is 4.58. The molecule has 2 N–H and O–H groups in total. The van der Waals surface area contributed by atoms with Gasteiger partial charge in [-0.1, -0.05) is 50.5 Å². The fraction of sp³-hybridized carbons (Fsp3) is 0.455. The van der Waals surface area contributed by atoms with Crippen molar-refractivity contribution >= 4 is 0 Å². The van der Waals surface area contributed by atoms with Gasteiger partial charge in [-0.3, -0.25) is 0 Å². The smallest absolute Gasteiger partial charge is 0.115 e. The summed E-state index contributed by atoms with van der Waals surface area (Å²) in [5, 5.41) is 19.2. The molecule has 0 amide bonds. The number of aromatic hydroxyl groups is 2. The van der Waals surface area contributed by atoms with Crippen LogP contribution in [0.25, 0.3) is 0 Å². The van der Waals surface area contributed by atoms with Gasteiger partial charge < -0.3 is 15.1 Å². The summed E-state index contributed by atoms with van der Waals surface area (Å²) in [6.07, 6.45) is 6.96. The van der Waals surface area contributed by atoms with Crippen LogP contribution in [-0.4, -0.2) is 34.7 Å². The lowest BCUT2D eigenvalue weighted by Gasteiger charge is -2.22. The molecule has 0 aliphatic carbocycles. The highest BCUT2D eigenvalue weighted by molar-refractivity contribution is 5.28. The van der Waals surface area contributed by atoms with Crippen LogP contribution in [0.15, 0.2) is 48.5 Å². The first-order valence-corrected chi connectivity index (χ1v) is 9.45. The highest BCUT2D eigenvalue weighted by Crippen LogP contribution is 2.14. The maximum Gasteiger partial charge on any atom is 0.115 e. The van der Waals surface area contributed by atoms with Crippen LogP contribution in [0.5, 0.6) is 11.5 Å². The van der Waals surface area contributed by atoms with Crippen molar-refractivity contribution in [2.24, 2.45) is 0 Å². The van der Waals surface area contributed by atoms with Gasteiger partial charge >= 0.3 is 0 Å². The molecule has 136 valence electrons. The molecule has 0 saturated heterocycles. The van der Waals surface area contributed by atoms with Crippen LogP contribution in [0.2, 0.25) is 0 Å². The average molecular weight is 341 g/mol. The van der Waals surface area contributed by atoms with E-state index >= 15 is 0 Å². The molecule has 0 unspecified atom stereocenters. The number of rotatable bonds is 11. The SMILES string of the molecule is CCCCCCN(CCc1cccc(O)c1)CCc1cccc(O)c1. The van der Waals surface area contributed by atoms with Gasteiger partial charge in [0.25, 0.3) is 0 Å².